The lowest BCUT2D eigenvalue weighted by molar-refractivity contribution is 0.0951. The van der Waals surface area contributed by atoms with Crippen molar-refractivity contribution in [3.8, 4) is 11.5 Å². The maximum absolute atomic E-state index is 12.4. The van der Waals surface area contributed by atoms with Gasteiger partial charge in [-0.05, 0) is 35.0 Å². The number of carbonyl (C=O) groups excluding carboxylic acids is 1. The third-order valence-electron chi connectivity index (χ3n) is 4.47. The van der Waals surface area contributed by atoms with Crippen molar-refractivity contribution in [1.82, 2.24) is 5.43 Å². The Balaban J connectivity index is 1.64. The molecule has 3 aromatic carbocycles. The van der Waals surface area contributed by atoms with Gasteiger partial charge in [0.15, 0.2) is 0 Å². The first-order chi connectivity index (χ1) is 14.1. The van der Waals surface area contributed by atoms with Crippen LogP contribution in [0.1, 0.15) is 15.9 Å². The monoisotopic (exact) mass is 388 g/mol. The van der Waals surface area contributed by atoms with Gasteiger partial charge in [0.1, 0.15) is 22.6 Å². The van der Waals surface area contributed by atoms with Gasteiger partial charge in [0.2, 0.25) is 0 Å². The van der Waals surface area contributed by atoms with Crippen LogP contribution in [0.4, 0.5) is 0 Å². The van der Waals surface area contributed by atoms with Crippen LogP contribution < -0.4 is 15.8 Å². The lowest BCUT2D eigenvalue weighted by Crippen LogP contribution is -2.24. The van der Waals surface area contributed by atoms with Crippen LogP contribution in [-0.4, -0.2) is 24.3 Å². The molecule has 7 nitrogen and oxygen atoms in total. The minimum absolute atomic E-state index is 0.0357. The first-order valence-corrected chi connectivity index (χ1v) is 8.73. The van der Waals surface area contributed by atoms with Crippen molar-refractivity contribution in [3.05, 3.63) is 82.2 Å². The molecule has 0 radical (unpaired) electrons. The molecule has 1 heterocycles. The fourth-order valence-corrected chi connectivity index (χ4v) is 3.06. The Bertz CT molecular complexity index is 1320. The molecule has 4 aromatic rings. The fraction of sp³-hybridized carbons (Fsp3) is 0.0455. The molecule has 0 aliphatic carbocycles. The summed E-state index contributed by atoms with van der Waals surface area (Å²) in [5.74, 6) is -0.137. The SMILES string of the molecule is COc1ccc2ccccc2c1/C=N/NC(=O)c1cc2ccc(O)cc2oc1=O. The number of carbonyl (C=O) groups is 1. The van der Waals surface area contributed by atoms with Crippen molar-refractivity contribution < 1.29 is 19.1 Å². The number of methoxy groups -OCH3 is 1. The van der Waals surface area contributed by atoms with Crippen LogP contribution in [0.2, 0.25) is 0 Å². The third-order valence-corrected chi connectivity index (χ3v) is 4.47. The van der Waals surface area contributed by atoms with E-state index in [4.69, 9.17) is 9.15 Å². The molecule has 1 amide bonds. The van der Waals surface area contributed by atoms with Gasteiger partial charge in [-0.2, -0.15) is 5.10 Å². The summed E-state index contributed by atoms with van der Waals surface area (Å²) in [6.45, 7) is 0. The van der Waals surface area contributed by atoms with Crippen LogP contribution in [0, 0.1) is 0 Å². The Kier molecular flexibility index (Phi) is 4.70. The molecule has 0 saturated heterocycles. The number of fused-ring (bicyclic) bond motifs is 2. The van der Waals surface area contributed by atoms with Gasteiger partial charge >= 0.3 is 5.63 Å². The molecule has 4 rings (SSSR count). The molecular weight excluding hydrogens is 372 g/mol. The van der Waals surface area contributed by atoms with Crippen molar-refractivity contribution in [1.29, 1.82) is 0 Å². The van der Waals surface area contributed by atoms with E-state index in [-0.39, 0.29) is 16.9 Å². The van der Waals surface area contributed by atoms with Crippen LogP contribution >= 0.6 is 0 Å². The van der Waals surface area contributed by atoms with Gasteiger partial charge in [-0.3, -0.25) is 4.79 Å². The quantitative estimate of drug-likeness (QED) is 0.317. The molecule has 29 heavy (non-hydrogen) atoms. The maximum atomic E-state index is 12.4. The number of hydrogen-bond donors (Lipinski definition) is 2. The maximum Gasteiger partial charge on any atom is 0.349 e. The smallest absolute Gasteiger partial charge is 0.349 e. The van der Waals surface area contributed by atoms with E-state index in [9.17, 15) is 14.7 Å². The predicted octanol–water partition coefficient (Wildman–Crippen LogP) is 3.42. The van der Waals surface area contributed by atoms with Crippen LogP contribution in [0.25, 0.3) is 21.7 Å². The van der Waals surface area contributed by atoms with Crippen molar-refractivity contribution in [2.45, 2.75) is 0 Å². The number of phenols is 1. The summed E-state index contributed by atoms with van der Waals surface area (Å²) in [6, 6.07) is 17.2. The van der Waals surface area contributed by atoms with Crippen molar-refractivity contribution in [2.24, 2.45) is 5.10 Å². The topological polar surface area (TPSA) is 101 Å². The van der Waals surface area contributed by atoms with Gasteiger partial charge in [0.25, 0.3) is 5.91 Å². The van der Waals surface area contributed by atoms with E-state index in [1.54, 1.807) is 13.2 Å². The van der Waals surface area contributed by atoms with E-state index in [2.05, 4.69) is 10.5 Å². The molecule has 0 bridgehead atoms. The summed E-state index contributed by atoms with van der Waals surface area (Å²) in [4.78, 5) is 24.5. The van der Waals surface area contributed by atoms with Crippen LogP contribution in [0.5, 0.6) is 11.5 Å². The Morgan fingerprint density at radius 3 is 2.72 bits per heavy atom. The van der Waals surface area contributed by atoms with Crippen molar-refractivity contribution in [3.63, 3.8) is 0 Å². The second-order valence-electron chi connectivity index (χ2n) is 6.27. The predicted molar refractivity (Wildman–Crippen MR) is 110 cm³/mol. The zero-order valence-electron chi connectivity index (χ0n) is 15.4. The molecule has 0 atom stereocenters. The minimum atomic E-state index is -0.821. The standard InChI is InChI=1S/C22H16N2O5/c1-28-19-9-7-13-4-2-3-5-16(13)18(19)12-23-24-21(26)17-10-14-6-8-15(25)11-20(14)29-22(17)27/h2-12,25H,1H3,(H,24,26)/b23-12+. The first-order valence-electron chi connectivity index (χ1n) is 8.73. The summed E-state index contributed by atoms with van der Waals surface area (Å²) in [7, 11) is 1.55. The molecule has 0 unspecified atom stereocenters. The Morgan fingerprint density at radius 1 is 1.10 bits per heavy atom. The van der Waals surface area contributed by atoms with E-state index in [0.717, 1.165) is 10.8 Å². The van der Waals surface area contributed by atoms with Crippen LogP contribution in [0.3, 0.4) is 0 Å². The highest BCUT2D eigenvalue weighted by atomic mass is 16.5. The zero-order valence-corrected chi connectivity index (χ0v) is 15.4. The second kappa shape index (κ2) is 7.47. The highest BCUT2D eigenvalue weighted by Gasteiger charge is 2.14. The lowest BCUT2D eigenvalue weighted by atomic mass is 10.0. The molecule has 0 saturated carbocycles. The molecule has 0 spiro atoms. The van der Waals surface area contributed by atoms with Crippen molar-refractivity contribution in [2.75, 3.05) is 7.11 Å². The third kappa shape index (κ3) is 3.53. The van der Waals surface area contributed by atoms with Gasteiger partial charge in [0.05, 0.1) is 13.3 Å². The number of benzene rings is 3. The van der Waals surface area contributed by atoms with E-state index in [0.29, 0.717) is 16.7 Å². The number of nitrogens with zero attached hydrogens (tertiary/aromatic N) is 1. The summed E-state index contributed by atoms with van der Waals surface area (Å²) >= 11 is 0. The molecule has 1 aromatic heterocycles. The van der Waals surface area contributed by atoms with Gasteiger partial charge in [-0.15, -0.1) is 0 Å². The summed E-state index contributed by atoms with van der Waals surface area (Å²) < 4.78 is 10.5. The summed E-state index contributed by atoms with van der Waals surface area (Å²) in [6.07, 6.45) is 1.47. The largest absolute Gasteiger partial charge is 0.508 e. The van der Waals surface area contributed by atoms with Gasteiger partial charge in [-0.1, -0.05) is 30.3 Å². The van der Waals surface area contributed by atoms with E-state index >= 15 is 0 Å². The molecule has 0 aliphatic heterocycles. The number of aromatic hydroxyl groups is 1. The highest BCUT2D eigenvalue weighted by Crippen LogP contribution is 2.26. The average Bonchev–Trinajstić information content (AvgIpc) is 2.73. The molecule has 144 valence electrons. The number of hydrazone groups is 1. The normalized spacial score (nSPS) is 11.2. The number of phenolic OH excluding ortho intramolecular Hbond substituents is 1. The summed E-state index contributed by atoms with van der Waals surface area (Å²) in [5, 5.41) is 15.9. The average molecular weight is 388 g/mol. The Hall–Kier alpha value is -4.13. The number of nitrogens with one attached hydrogen (secondary N) is 1. The van der Waals surface area contributed by atoms with E-state index < -0.39 is 11.5 Å². The van der Waals surface area contributed by atoms with Crippen LogP contribution in [-0.2, 0) is 0 Å². The van der Waals surface area contributed by atoms with Gasteiger partial charge in [0, 0.05) is 17.0 Å². The molecule has 2 N–H and O–H groups in total. The number of hydrogen-bond acceptors (Lipinski definition) is 6. The first kappa shape index (κ1) is 18.2. The number of amides is 1. The van der Waals surface area contributed by atoms with Crippen molar-refractivity contribution >= 4 is 33.9 Å². The van der Waals surface area contributed by atoms with E-state index in [1.807, 2.05) is 36.4 Å². The van der Waals surface area contributed by atoms with Gasteiger partial charge < -0.3 is 14.3 Å². The lowest BCUT2D eigenvalue weighted by Gasteiger charge is -2.08. The Labute approximate surface area is 164 Å². The molecule has 0 fully saturated rings. The number of rotatable bonds is 4. The minimum Gasteiger partial charge on any atom is -0.508 e. The summed E-state index contributed by atoms with van der Waals surface area (Å²) in [5.41, 5.74) is 2.23. The van der Waals surface area contributed by atoms with Crippen LogP contribution in [0.15, 0.2) is 75.0 Å². The molecular formula is C22H16N2O5. The van der Waals surface area contributed by atoms with Gasteiger partial charge in [-0.25, -0.2) is 10.2 Å². The van der Waals surface area contributed by atoms with E-state index in [1.165, 1.54) is 24.4 Å². The molecule has 0 aliphatic rings. The zero-order chi connectivity index (χ0) is 20.4. The second-order valence-corrected chi connectivity index (χ2v) is 6.27. The fourth-order valence-electron chi connectivity index (χ4n) is 3.06. The number of ether oxygens (including phenoxy) is 1. The Morgan fingerprint density at radius 2 is 1.90 bits per heavy atom. The molecule has 7 heteroatoms. The highest BCUT2D eigenvalue weighted by molar-refractivity contribution is 6.03.